The van der Waals surface area contributed by atoms with Gasteiger partial charge in [0.15, 0.2) is 0 Å². The number of ether oxygens (including phenoxy) is 1. The summed E-state index contributed by atoms with van der Waals surface area (Å²) in [6, 6.07) is 12.4. The Balaban J connectivity index is 1.67. The van der Waals surface area contributed by atoms with Gasteiger partial charge in [-0.2, -0.15) is 0 Å². The van der Waals surface area contributed by atoms with Gasteiger partial charge in [0.1, 0.15) is 11.4 Å². The van der Waals surface area contributed by atoms with Crippen LogP contribution in [0.2, 0.25) is 0 Å². The fourth-order valence-electron chi connectivity index (χ4n) is 3.02. The van der Waals surface area contributed by atoms with E-state index < -0.39 is 0 Å². The summed E-state index contributed by atoms with van der Waals surface area (Å²) >= 11 is 2.54. The Bertz CT molecular complexity index is 828. The average Bonchev–Trinajstić information content (AvgIpc) is 3.20. The number of fused-ring (bicyclic) bond motifs is 1. The van der Waals surface area contributed by atoms with Crippen molar-refractivity contribution >= 4 is 33.9 Å². The maximum Gasteiger partial charge on any atom is 0.139 e. The standard InChI is InChI=1S/C18H18IN3O/c1-23-16-4-2-13(3-5-16)17-12-22-9-7-15(10-18(22)20-17)21-8-6-14(19)11-21/h2-5,7,9-10,12,14H,6,8,11H2,1H3/t14-/m1/s1. The van der Waals surface area contributed by atoms with Crippen molar-refractivity contribution in [1.82, 2.24) is 9.38 Å². The van der Waals surface area contributed by atoms with E-state index in [4.69, 9.17) is 9.72 Å². The van der Waals surface area contributed by atoms with Crippen molar-refractivity contribution in [3.63, 3.8) is 0 Å². The van der Waals surface area contributed by atoms with E-state index in [1.54, 1.807) is 7.11 Å². The van der Waals surface area contributed by atoms with Crippen molar-refractivity contribution in [3.05, 3.63) is 48.8 Å². The van der Waals surface area contributed by atoms with Gasteiger partial charge in [-0.05, 0) is 36.8 Å². The molecule has 0 unspecified atom stereocenters. The highest BCUT2D eigenvalue weighted by molar-refractivity contribution is 14.1. The van der Waals surface area contributed by atoms with Crippen LogP contribution in [-0.2, 0) is 0 Å². The van der Waals surface area contributed by atoms with E-state index in [0.717, 1.165) is 39.7 Å². The largest absolute Gasteiger partial charge is 0.497 e. The lowest BCUT2D eigenvalue weighted by atomic mass is 10.2. The zero-order valence-electron chi connectivity index (χ0n) is 12.9. The maximum absolute atomic E-state index is 5.21. The van der Waals surface area contributed by atoms with Gasteiger partial charge in [-0.3, -0.25) is 0 Å². The van der Waals surface area contributed by atoms with E-state index in [1.807, 2.05) is 24.3 Å². The molecule has 1 fully saturated rings. The van der Waals surface area contributed by atoms with Gasteiger partial charge in [0.05, 0.1) is 12.8 Å². The van der Waals surface area contributed by atoms with Crippen molar-refractivity contribution in [3.8, 4) is 17.0 Å². The molecule has 1 aliphatic rings. The van der Waals surface area contributed by atoms with Gasteiger partial charge >= 0.3 is 0 Å². The Labute approximate surface area is 149 Å². The summed E-state index contributed by atoms with van der Waals surface area (Å²) in [6.45, 7) is 2.26. The van der Waals surface area contributed by atoms with Gasteiger partial charge in [0, 0.05) is 46.7 Å². The van der Waals surface area contributed by atoms with Crippen LogP contribution in [0.25, 0.3) is 16.9 Å². The average molecular weight is 419 g/mol. The summed E-state index contributed by atoms with van der Waals surface area (Å²) in [5.74, 6) is 0.863. The first-order chi connectivity index (χ1) is 11.2. The lowest BCUT2D eigenvalue weighted by molar-refractivity contribution is 0.415. The molecule has 0 aliphatic carbocycles. The zero-order chi connectivity index (χ0) is 15.8. The van der Waals surface area contributed by atoms with E-state index in [-0.39, 0.29) is 0 Å². The van der Waals surface area contributed by atoms with E-state index in [1.165, 1.54) is 12.1 Å². The number of anilines is 1. The Morgan fingerprint density at radius 3 is 2.74 bits per heavy atom. The first-order valence-corrected chi connectivity index (χ1v) is 9.00. The summed E-state index contributed by atoms with van der Waals surface area (Å²) in [5.41, 5.74) is 4.34. The molecule has 0 N–H and O–H groups in total. The zero-order valence-corrected chi connectivity index (χ0v) is 15.1. The predicted molar refractivity (Wildman–Crippen MR) is 102 cm³/mol. The van der Waals surface area contributed by atoms with Crippen molar-refractivity contribution in [2.24, 2.45) is 0 Å². The number of aromatic nitrogens is 2. The molecule has 2 aromatic heterocycles. The molecule has 0 spiro atoms. The Hall–Kier alpha value is -1.76. The first kappa shape index (κ1) is 14.8. The summed E-state index contributed by atoms with van der Waals surface area (Å²) in [4.78, 5) is 7.23. The molecule has 118 valence electrons. The third kappa shape index (κ3) is 2.89. The Morgan fingerprint density at radius 1 is 1.22 bits per heavy atom. The topological polar surface area (TPSA) is 29.8 Å². The molecule has 3 heterocycles. The van der Waals surface area contributed by atoms with Crippen molar-refractivity contribution in [2.45, 2.75) is 10.3 Å². The van der Waals surface area contributed by atoms with Crippen LogP contribution in [0.15, 0.2) is 48.8 Å². The monoisotopic (exact) mass is 419 g/mol. The number of benzene rings is 1. The van der Waals surface area contributed by atoms with E-state index >= 15 is 0 Å². The number of nitrogens with zero attached hydrogens (tertiary/aromatic N) is 3. The molecule has 1 atom stereocenters. The van der Waals surface area contributed by atoms with Gasteiger partial charge < -0.3 is 14.0 Å². The van der Waals surface area contributed by atoms with Crippen molar-refractivity contribution in [1.29, 1.82) is 0 Å². The third-order valence-corrected chi connectivity index (χ3v) is 5.34. The molecular formula is C18H18IN3O. The van der Waals surface area contributed by atoms with Crippen LogP contribution in [0.5, 0.6) is 5.75 Å². The van der Waals surface area contributed by atoms with Gasteiger partial charge in [0.25, 0.3) is 0 Å². The van der Waals surface area contributed by atoms with Crippen LogP contribution >= 0.6 is 22.6 Å². The molecule has 23 heavy (non-hydrogen) atoms. The number of rotatable bonds is 3. The Kier molecular flexibility index (Phi) is 3.88. The molecule has 1 saturated heterocycles. The van der Waals surface area contributed by atoms with Crippen molar-refractivity contribution in [2.75, 3.05) is 25.1 Å². The molecule has 0 radical (unpaired) electrons. The molecule has 3 aromatic rings. The second-order valence-corrected chi connectivity index (χ2v) is 7.60. The number of pyridine rings is 1. The fourth-order valence-corrected chi connectivity index (χ4v) is 3.77. The molecule has 4 rings (SSSR count). The van der Waals surface area contributed by atoms with Gasteiger partial charge in [-0.15, -0.1) is 0 Å². The molecule has 4 nitrogen and oxygen atoms in total. The number of halogens is 1. The second-order valence-electron chi connectivity index (χ2n) is 5.84. The van der Waals surface area contributed by atoms with E-state index in [0.29, 0.717) is 0 Å². The van der Waals surface area contributed by atoms with Crippen LogP contribution in [-0.4, -0.2) is 33.5 Å². The lowest BCUT2D eigenvalue weighted by Gasteiger charge is -2.17. The summed E-state index contributed by atoms with van der Waals surface area (Å²) in [7, 11) is 1.68. The minimum atomic E-state index is 0.749. The highest BCUT2D eigenvalue weighted by atomic mass is 127. The normalized spacial score (nSPS) is 17.8. The van der Waals surface area contributed by atoms with Gasteiger partial charge in [0.2, 0.25) is 0 Å². The molecule has 0 amide bonds. The number of imidazole rings is 1. The van der Waals surface area contributed by atoms with Crippen LogP contribution < -0.4 is 9.64 Å². The van der Waals surface area contributed by atoms with E-state index in [9.17, 15) is 0 Å². The van der Waals surface area contributed by atoms with Crippen LogP contribution in [0.3, 0.4) is 0 Å². The second kappa shape index (κ2) is 6.03. The fraction of sp³-hybridized carbons (Fsp3) is 0.278. The van der Waals surface area contributed by atoms with Crippen LogP contribution in [0, 0.1) is 0 Å². The molecular weight excluding hydrogens is 401 g/mol. The van der Waals surface area contributed by atoms with E-state index in [2.05, 4.69) is 56.4 Å². The summed E-state index contributed by atoms with van der Waals surface area (Å²) in [6.07, 6.45) is 5.44. The smallest absolute Gasteiger partial charge is 0.139 e. The predicted octanol–water partition coefficient (Wildman–Crippen LogP) is 4.02. The lowest BCUT2D eigenvalue weighted by Crippen LogP contribution is -2.19. The SMILES string of the molecule is COc1ccc(-c2cn3ccc(N4CC[C@@H](I)C4)cc3n2)cc1. The number of methoxy groups -OCH3 is 1. The molecule has 1 aliphatic heterocycles. The number of alkyl halides is 1. The van der Waals surface area contributed by atoms with Crippen LogP contribution in [0.1, 0.15) is 6.42 Å². The van der Waals surface area contributed by atoms with Crippen LogP contribution in [0.4, 0.5) is 5.69 Å². The van der Waals surface area contributed by atoms with Crippen molar-refractivity contribution < 1.29 is 4.74 Å². The molecule has 0 saturated carbocycles. The summed E-state index contributed by atoms with van der Waals surface area (Å²) < 4.78 is 8.05. The minimum absolute atomic E-state index is 0.749. The quantitative estimate of drug-likeness (QED) is 0.475. The first-order valence-electron chi connectivity index (χ1n) is 7.75. The van der Waals surface area contributed by atoms with Gasteiger partial charge in [-0.1, -0.05) is 22.6 Å². The number of hydrogen-bond donors (Lipinski definition) is 0. The molecule has 5 heteroatoms. The molecule has 0 bridgehead atoms. The summed E-state index contributed by atoms with van der Waals surface area (Å²) in [5, 5.41) is 0. The highest BCUT2D eigenvalue weighted by Crippen LogP contribution is 2.27. The molecule has 1 aromatic carbocycles. The third-order valence-electron chi connectivity index (χ3n) is 4.33. The number of hydrogen-bond acceptors (Lipinski definition) is 3. The van der Waals surface area contributed by atoms with Gasteiger partial charge in [-0.25, -0.2) is 4.98 Å². The maximum atomic E-state index is 5.21. The highest BCUT2D eigenvalue weighted by Gasteiger charge is 2.20. The minimum Gasteiger partial charge on any atom is -0.497 e. The Morgan fingerprint density at radius 2 is 2.04 bits per heavy atom.